The zero-order valence-corrected chi connectivity index (χ0v) is 11.6. The molecular weight excluding hydrogens is 238 g/mol. The van der Waals surface area contributed by atoms with Crippen LogP contribution in [0.3, 0.4) is 0 Å². The van der Waals surface area contributed by atoms with Crippen molar-refractivity contribution in [1.29, 1.82) is 0 Å². The number of aryl methyl sites for hydroxylation is 1. The van der Waals surface area contributed by atoms with Crippen molar-refractivity contribution in [3.8, 4) is 11.5 Å². The molecule has 0 aromatic carbocycles. The molecule has 3 heterocycles. The maximum Gasteiger partial charge on any atom is 0.200 e. The van der Waals surface area contributed by atoms with Gasteiger partial charge in [0.25, 0.3) is 0 Å². The Morgan fingerprint density at radius 1 is 1.16 bits per heavy atom. The number of nitrogens with zero attached hydrogens (tertiary/aromatic N) is 4. The molecule has 0 amide bonds. The number of rotatable bonds is 1. The highest BCUT2D eigenvalue weighted by molar-refractivity contribution is 5.60. The van der Waals surface area contributed by atoms with Crippen LogP contribution < -0.4 is 0 Å². The minimum absolute atomic E-state index is 0.0420. The van der Waals surface area contributed by atoms with E-state index in [1.807, 2.05) is 35.7 Å². The van der Waals surface area contributed by atoms with Crippen molar-refractivity contribution >= 4 is 5.65 Å². The zero-order chi connectivity index (χ0) is 13.6. The van der Waals surface area contributed by atoms with Gasteiger partial charge in [-0.1, -0.05) is 26.8 Å². The minimum atomic E-state index is -0.0420. The highest BCUT2D eigenvalue weighted by atomic mass is 15.2. The molecule has 3 rings (SSSR count). The Balaban J connectivity index is 2.19. The smallest absolute Gasteiger partial charge is 0.200 e. The van der Waals surface area contributed by atoms with Gasteiger partial charge in [0.15, 0.2) is 5.82 Å². The van der Waals surface area contributed by atoms with Crippen molar-refractivity contribution in [2.75, 3.05) is 0 Å². The fraction of sp³-hybridized carbons (Fsp3) is 0.357. The number of aromatic nitrogens is 5. The van der Waals surface area contributed by atoms with Crippen LogP contribution in [-0.4, -0.2) is 24.6 Å². The summed E-state index contributed by atoms with van der Waals surface area (Å²) in [6.07, 6.45) is 1.98. The number of imidazole rings is 1. The average Bonchev–Trinajstić information content (AvgIpc) is 2.90. The van der Waals surface area contributed by atoms with Gasteiger partial charge < -0.3 is 0 Å². The Labute approximate surface area is 111 Å². The topological polar surface area (TPSA) is 58.9 Å². The molecular formula is C14H17N5. The summed E-state index contributed by atoms with van der Waals surface area (Å²) in [5.41, 5.74) is 2.75. The van der Waals surface area contributed by atoms with E-state index < -0.39 is 0 Å². The number of fused-ring (bicyclic) bond motifs is 1. The molecule has 0 aliphatic carbocycles. The normalized spacial score (nSPS) is 12.2. The predicted molar refractivity (Wildman–Crippen MR) is 74.0 cm³/mol. The maximum atomic E-state index is 4.61. The molecule has 0 aliphatic heterocycles. The van der Waals surface area contributed by atoms with Crippen LogP contribution in [-0.2, 0) is 5.41 Å². The second-order valence-corrected chi connectivity index (χ2v) is 5.73. The van der Waals surface area contributed by atoms with E-state index in [-0.39, 0.29) is 5.41 Å². The van der Waals surface area contributed by atoms with Crippen LogP contribution in [0.5, 0.6) is 0 Å². The second kappa shape index (κ2) is 3.91. The Bertz CT molecular complexity index is 730. The quantitative estimate of drug-likeness (QED) is 0.727. The molecule has 0 radical (unpaired) electrons. The third kappa shape index (κ3) is 1.91. The van der Waals surface area contributed by atoms with Gasteiger partial charge in [0, 0.05) is 11.6 Å². The first-order valence-corrected chi connectivity index (χ1v) is 6.34. The molecule has 1 N–H and O–H groups in total. The molecule has 19 heavy (non-hydrogen) atoms. The number of hydrogen-bond donors (Lipinski definition) is 1. The fourth-order valence-electron chi connectivity index (χ4n) is 2.09. The minimum Gasteiger partial charge on any atom is -0.297 e. The first kappa shape index (κ1) is 11.9. The van der Waals surface area contributed by atoms with Crippen molar-refractivity contribution in [3.05, 3.63) is 35.9 Å². The number of H-pyrrole nitrogens is 1. The van der Waals surface area contributed by atoms with Crippen LogP contribution in [0.2, 0.25) is 0 Å². The molecule has 0 unspecified atom stereocenters. The van der Waals surface area contributed by atoms with Crippen molar-refractivity contribution < 1.29 is 0 Å². The summed E-state index contributed by atoms with van der Waals surface area (Å²) in [5, 5.41) is 7.36. The van der Waals surface area contributed by atoms with Crippen LogP contribution in [0.15, 0.2) is 24.4 Å². The van der Waals surface area contributed by atoms with Crippen LogP contribution in [0.25, 0.3) is 17.2 Å². The van der Waals surface area contributed by atoms with Crippen molar-refractivity contribution in [3.63, 3.8) is 0 Å². The van der Waals surface area contributed by atoms with Crippen molar-refractivity contribution in [2.45, 2.75) is 33.1 Å². The van der Waals surface area contributed by atoms with E-state index in [9.17, 15) is 0 Å². The molecule has 3 aromatic rings. The van der Waals surface area contributed by atoms with E-state index in [1.165, 1.54) is 0 Å². The van der Waals surface area contributed by atoms with Gasteiger partial charge in [0.2, 0.25) is 0 Å². The highest BCUT2D eigenvalue weighted by Gasteiger charge is 2.21. The second-order valence-electron chi connectivity index (χ2n) is 5.73. The van der Waals surface area contributed by atoms with Crippen LogP contribution in [0.4, 0.5) is 0 Å². The van der Waals surface area contributed by atoms with Crippen LogP contribution >= 0.6 is 0 Å². The monoisotopic (exact) mass is 255 g/mol. The summed E-state index contributed by atoms with van der Waals surface area (Å²) < 4.78 is 2.02. The molecule has 0 atom stereocenters. The van der Waals surface area contributed by atoms with Crippen LogP contribution in [0.1, 0.15) is 32.3 Å². The maximum absolute atomic E-state index is 4.61. The third-order valence-electron chi connectivity index (χ3n) is 3.11. The van der Waals surface area contributed by atoms with E-state index in [2.05, 4.69) is 40.9 Å². The first-order valence-electron chi connectivity index (χ1n) is 6.34. The Morgan fingerprint density at radius 3 is 2.63 bits per heavy atom. The standard InChI is InChI=1S/C14H17N5/c1-9-11(19-8-6-5-7-10(19)15-9)12-16-13(18-17-12)14(2,3)4/h5-8H,1-4H3,(H,16,17,18). The molecule has 98 valence electrons. The van der Waals surface area contributed by atoms with Crippen molar-refractivity contribution in [2.24, 2.45) is 0 Å². The lowest BCUT2D eigenvalue weighted by atomic mass is 9.96. The zero-order valence-electron chi connectivity index (χ0n) is 11.6. The molecule has 0 fully saturated rings. The summed E-state index contributed by atoms with van der Waals surface area (Å²) in [5.74, 6) is 1.58. The molecule has 0 aliphatic rings. The number of aromatic amines is 1. The molecule has 5 heteroatoms. The predicted octanol–water partition coefficient (Wildman–Crippen LogP) is 2.73. The van der Waals surface area contributed by atoms with Crippen LogP contribution in [0, 0.1) is 6.92 Å². The van der Waals surface area contributed by atoms with Gasteiger partial charge in [-0.15, -0.1) is 0 Å². The van der Waals surface area contributed by atoms with Gasteiger partial charge >= 0.3 is 0 Å². The summed E-state index contributed by atoms with van der Waals surface area (Å²) in [6.45, 7) is 8.31. The van der Waals surface area contributed by atoms with Gasteiger partial charge in [-0.2, -0.15) is 5.10 Å². The largest absolute Gasteiger partial charge is 0.297 e. The Kier molecular flexibility index (Phi) is 2.45. The molecule has 0 saturated heterocycles. The van der Waals surface area contributed by atoms with Gasteiger partial charge in [-0.05, 0) is 19.1 Å². The van der Waals surface area contributed by atoms with Gasteiger partial charge in [-0.3, -0.25) is 9.50 Å². The molecule has 3 aromatic heterocycles. The van der Waals surface area contributed by atoms with E-state index >= 15 is 0 Å². The summed E-state index contributed by atoms with van der Waals surface area (Å²) in [7, 11) is 0. The molecule has 5 nitrogen and oxygen atoms in total. The SMILES string of the molecule is Cc1nc2ccccn2c1-c1n[nH]c(C(C)(C)C)n1. The van der Waals surface area contributed by atoms with Gasteiger partial charge in [0.05, 0.1) is 5.69 Å². The van der Waals surface area contributed by atoms with E-state index in [0.717, 1.165) is 22.9 Å². The molecule has 0 bridgehead atoms. The van der Waals surface area contributed by atoms with Gasteiger partial charge in [0.1, 0.15) is 17.2 Å². The number of pyridine rings is 1. The van der Waals surface area contributed by atoms with Gasteiger partial charge in [-0.25, -0.2) is 9.97 Å². The highest BCUT2D eigenvalue weighted by Crippen LogP contribution is 2.24. The molecule has 0 spiro atoms. The number of hydrogen-bond acceptors (Lipinski definition) is 3. The lowest BCUT2D eigenvalue weighted by molar-refractivity contribution is 0.548. The van der Waals surface area contributed by atoms with E-state index in [1.54, 1.807) is 0 Å². The molecule has 0 saturated carbocycles. The summed E-state index contributed by atoms with van der Waals surface area (Å²) in [4.78, 5) is 9.14. The average molecular weight is 255 g/mol. The Hall–Kier alpha value is -2.17. The number of nitrogens with one attached hydrogen (secondary N) is 1. The first-order chi connectivity index (χ1) is 8.97. The fourth-order valence-corrected chi connectivity index (χ4v) is 2.09. The lowest BCUT2D eigenvalue weighted by Crippen LogP contribution is -2.13. The third-order valence-corrected chi connectivity index (χ3v) is 3.11. The summed E-state index contributed by atoms with van der Waals surface area (Å²) in [6, 6.07) is 5.94. The van der Waals surface area contributed by atoms with E-state index in [4.69, 9.17) is 0 Å². The van der Waals surface area contributed by atoms with E-state index in [0.29, 0.717) is 5.82 Å². The lowest BCUT2D eigenvalue weighted by Gasteiger charge is -2.12. The van der Waals surface area contributed by atoms with Crippen molar-refractivity contribution in [1.82, 2.24) is 24.6 Å². The summed E-state index contributed by atoms with van der Waals surface area (Å²) >= 11 is 0. The Morgan fingerprint density at radius 2 is 1.95 bits per heavy atom.